The number of rotatable bonds is 2. The van der Waals surface area contributed by atoms with Crippen molar-refractivity contribution >= 4 is 11.9 Å². The lowest BCUT2D eigenvalue weighted by atomic mass is 10.2. The molecule has 0 fully saturated rings. The van der Waals surface area contributed by atoms with E-state index in [0.29, 0.717) is 6.20 Å². The third kappa shape index (κ3) is 1.42. The number of carbonyl (C=O) groups is 2. The number of aromatic nitrogens is 1. The van der Waals surface area contributed by atoms with Gasteiger partial charge in [-0.05, 0) is 0 Å². The fraction of sp³-hybridized carbons (Fsp3) is 0. The second-order valence-corrected chi connectivity index (χ2v) is 2.37. The molecule has 14 heavy (non-hydrogen) atoms. The predicted octanol–water partition coefficient (Wildman–Crippen LogP) is -0.523. The molecule has 4 N–H and O–H groups in total. The normalized spacial score (nSPS) is 9.71. The Kier molecular flexibility index (Phi) is 2.24. The SMILES string of the molecule is O=C(O)c1[nH]cc(C(=O)O)c(=O)c1O. The average Bonchev–Trinajstić information content (AvgIpc) is 2.08. The van der Waals surface area contributed by atoms with E-state index >= 15 is 0 Å². The number of hydrogen-bond acceptors (Lipinski definition) is 4. The molecular formula is C7H5NO6. The van der Waals surface area contributed by atoms with Crippen LogP contribution >= 0.6 is 0 Å². The Balaban J connectivity index is 3.49. The molecule has 74 valence electrons. The summed E-state index contributed by atoms with van der Waals surface area (Å²) in [5.74, 6) is -4.20. The van der Waals surface area contributed by atoms with Crippen LogP contribution in [0.4, 0.5) is 0 Å². The molecule has 0 radical (unpaired) electrons. The van der Waals surface area contributed by atoms with Gasteiger partial charge in [0.2, 0.25) is 5.43 Å². The second kappa shape index (κ2) is 3.21. The maximum Gasteiger partial charge on any atom is 0.356 e. The Morgan fingerprint density at radius 3 is 2.21 bits per heavy atom. The lowest BCUT2D eigenvalue weighted by Gasteiger charge is -1.99. The van der Waals surface area contributed by atoms with Gasteiger partial charge in [0.05, 0.1) is 0 Å². The van der Waals surface area contributed by atoms with Crippen LogP contribution in [-0.2, 0) is 0 Å². The number of carboxylic acids is 2. The lowest BCUT2D eigenvalue weighted by molar-refractivity contribution is 0.0671. The van der Waals surface area contributed by atoms with Crippen molar-refractivity contribution < 1.29 is 24.9 Å². The highest BCUT2D eigenvalue weighted by Crippen LogP contribution is 2.08. The maximum absolute atomic E-state index is 11.0. The van der Waals surface area contributed by atoms with Gasteiger partial charge >= 0.3 is 11.9 Å². The summed E-state index contributed by atoms with van der Waals surface area (Å²) in [6, 6.07) is 0. The molecule has 0 aromatic carbocycles. The van der Waals surface area contributed by atoms with Crippen molar-refractivity contribution in [1.82, 2.24) is 4.98 Å². The van der Waals surface area contributed by atoms with Crippen LogP contribution in [0.15, 0.2) is 11.0 Å². The number of aromatic amines is 1. The van der Waals surface area contributed by atoms with Gasteiger partial charge in [-0.3, -0.25) is 4.79 Å². The summed E-state index contributed by atoms with van der Waals surface area (Å²) in [5, 5.41) is 25.9. The van der Waals surface area contributed by atoms with Crippen molar-refractivity contribution in [2.24, 2.45) is 0 Å². The summed E-state index contributed by atoms with van der Waals surface area (Å²) in [7, 11) is 0. The highest BCUT2D eigenvalue weighted by Gasteiger charge is 2.18. The summed E-state index contributed by atoms with van der Waals surface area (Å²) in [4.78, 5) is 33.8. The van der Waals surface area contributed by atoms with E-state index in [2.05, 4.69) is 0 Å². The Morgan fingerprint density at radius 1 is 1.21 bits per heavy atom. The molecule has 0 bridgehead atoms. The predicted molar refractivity (Wildman–Crippen MR) is 42.6 cm³/mol. The van der Waals surface area contributed by atoms with Gasteiger partial charge in [0.1, 0.15) is 5.56 Å². The lowest BCUT2D eigenvalue weighted by Crippen LogP contribution is -2.18. The molecule has 1 rings (SSSR count). The van der Waals surface area contributed by atoms with Crippen LogP contribution in [0.1, 0.15) is 20.8 Å². The first-order valence-electron chi connectivity index (χ1n) is 3.36. The molecule has 0 atom stereocenters. The van der Waals surface area contributed by atoms with E-state index in [1.807, 2.05) is 4.98 Å². The first-order chi connectivity index (χ1) is 6.45. The van der Waals surface area contributed by atoms with E-state index in [1.54, 1.807) is 0 Å². The molecule has 0 saturated heterocycles. The Labute approximate surface area is 76.2 Å². The van der Waals surface area contributed by atoms with Crippen LogP contribution < -0.4 is 5.43 Å². The minimum Gasteiger partial charge on any atom is -0.502 e. The van der Waals surface area contributed by atoms with E-state index in [1.165, 1.54) is 0 Å². The van der Waals surface area contributed by atoms with Gasteiger partial charge in [0.25, 0.3) is 0 Å². The number of H-pyrrole nitrogens is 1. The highest BCUT2D eigenvalue weighted by atomic mass is 16.4. The molecule has 1 heterocycles. The first-order valence-corrected chi connectivity index (χ1v) is 3.36. The van der Waals surface area contributed by atoms with Crippen LogP contribution in [0, 0.1) is 0 Å². The number of aromatic hydroxyl groups is 1. The zero-order chi connectivity index (χ0) is 10.9. The number of aromatic carboxylic acids is 2. The van der Waals surface area contributed by atoms with Crippen LogP contribution in [0.3, 0.4) is 0 Å². The highest BCUT2D eigenvalue weighted by molar-refractivity contribution is 5.92. The van der Waals surface area contributed by atoms with Gasteiger partial charge in [0.15, 0.2) is 11.4 Å². The van der Waals surface area contributed by atoms with Crippen LogP contribution in [0.5, 0.6) is 5.75 Å². The Hall–Kier alpha value is -2.31. The van der Waals surface area contributed by atoms with Crippen molar-refractivity contribution in [2.45, 2.75) is 0 Å². The second-order valence-electron chi connectivity index (χ2n) is 2.37. The summed E-state index contributed by atoms with van der Waals surface area (Å²) < 4.78 is 0. The molecule has 0 saturated carbocycles. The molecule has 1 aromatic heterocycles. The summed E-state index contributed by atoms with van der Waals surface area (Å²) in [5.41, 5.74) is -2.68. The molecule has 0 amide bonds. The third-order valence-corrected chi connectivity index (χ3v) is 1.50. The zero-order valence-corrected chi connectivity index (χ0v) is 6.64. The van der Waals surface area contributed by atoms with Crippen molar-refractivity contribution in [2.75, 3.05) is 0 Å². The van der Waals surface area contributed by atoms with Crippen LogP contribution in [0.2, 0.25) is 0 Å². The summed E-state index contributed by atoms with van der Waals surface area (Å²) in [6.45, 7) is 0. The topological polar surface area (TPSA) is 128 Å². The van der Waals surface area contributed by atoms with Crippen LogP contribution in [0.25, 0.3) is 0 Å². The van der Waals surface area contributed by atoms with Gasteiger partial charge in [-0.1, -0.05) is 0 Å². The minimum atomic E-state index is -1.54. The van der Waals surface area contributed by atoms with Gasteiger partial charge in [0, 0.05) is 6.20 Å². The van der Waals surface area contributed by atoms with Gasteiger partial charge in [-0.25, -0.2) is 9.59 Å². The quantitative estimate of drug-likeness (QED) is 0.507. The molecule has 0 unspecified atom stereocenters. The van der Waals surface area contributed by atoms with Crippen molar-refractivity contribution in [3.63, 3.8) is 0 Å². The largest absolute Gasteiger partial charge is 0.502 e. The summed E-state index contributed by atoms with van der Waals surface area (Å²) in [6.07, 6.45) is 0.716. The summed E-state index contributed by atoms with van der Waals surface area (Å²) >= 11 is 0. The van der Waals surface area contributed by atoms with E-state index in [4.69, 9.17) is 15.3 Å². The van der Waals surface area contributed by atoms with Crippen molar-refractivity contribution in [3.8, 4) is 5.75 Å². The monoisotopic (exact) mass is 199 g/mol. The molecule has 7 heteroatoms. The zero-order valence-electron chi connectivity index (χ0n) is 6.64. The van der Waals surface area contributed by atoms with E-state index in [-0.39, 0.29) is 0 Å². The van der Waals surface area contributed by atoms with Gasteiger partial charge in [-0.2, -0.15) is 0 Å². The van der Waals surface area contributed by atoms with Crippen molar-refractivity contribution in [3.05, 3.63) is 27.7 Å². The molecular weight excluding hydrogens is 194 g/mol. The Bertz CT molecular complexity index is 460. The standard InChI is InChI=1S/C7H5NO6/c9-4-2(6(11)12)1-8-3(5(4)10)7(13)14/h1,10H,(H,8,9)(H,11,12)(H,13,14). The minimum absolute atomic E-state index is 0.715. The smallest absolute Gasteiger partial charge is 0.356 e. The number of pyridine rings is 1. The van der Waals surface area contributed by atoms with Gasteiger partial charge < -0.3 is 20.3 Å². The molecule has 0 aliphatic carbocycles. The fourth-order valence-corrected chi connectivity index (χ4v) is 0.841. The third-order valence-electron chi connectivity index (χ3n) is 1.50. The van der Waals surface area contributed by atoms with Crippen LogP contribution in [-0.4, -0.2) is 32.2 Å². The van der Waals surface area contributed by atoms with E-state index in [9.17, 15) is 14.4 Å². The number of nitrogens with one attached hydrogen (secondary N) is 1. The van der Waals surface area contributed by atoms with Gasteiger partial charge in [-0.15, -0.1) is 0 Å². The molecule has 7 nitrogen and oxygen atoms in total. The fourth-order valence-electron chi connectivity index (χ4n) is 0.841. The first kappa shape index (κ1) is 9.78. The maximum atomic E-state index is 11.0. The van der Waals surface area contributed by atoms with Crippen molar-refractivity contribution in [1.29, 1.82) is 0 Å². The Morgan fingerprint density at radius 2 is 1.79 bits per heavy atom. The van der Waals surface area contributed by atoms with E-state index in [0.717, 1.165) is 0 Å². The number of carboxylic acid groups (broad SMARTS) is 2. The average molecular weight is 199 g/mol. The molecule has 0 aliphatic rings. The molecule has 0 spiro atoms. The van der Waals surface area contributed by atoms with E-state index < -0.39 is 34.4 Å². The molecule has 0 aliphatic heterocycles. The molecule has 1 aromatic rings. The number of hydrogen-bond donors (Lipinski definition) is 4.